The van der Waals surface area contributed by atoms with E-state index in [4.69, 9.17) is 0 Å². The van der Waals surface area contributed by atoms with E-state index in [0.717, 1.165) is 64.2 Å². The summed E-state index contributed by atoms with van der Waals surface area (Å²) in [6.07, 6.45) is 44.0. The van der Waals surface area contributed by atoms with Gasteiger partial charge in [0.15, 0.2) is 0 Å². The van der Waals surface area contributed by atoms with Gasteiger partial charge in [-0.2, -0.15) is 0 Å². The second-order valence-corrected chi connectivity index (χ2v) is 13.3. The summed E-state index contributed by atoms with van der Waals surface area (Å²) < 4.78 is 0. The first-order valence-electron chi connectivity index (χ1n) is 18.9. The molecule has 260 valence electrons. The van der Waals surface area contributed by atoms with E-state index < -0.39 is 5.41 Å². The number of unbranched alkanes of at least 4 members (excludes halogenated alkanes) is 16. The van der Waals surface area contributed by atoms with Gasteiger partial charge in [0.05, 0.1) is 6.61 Å². The normalized spacial score (nSPS) is 12.7. The van der Waals surface area contributed by atoms with Gasteiger partial charge in [0.1, 0.15) is 17.0 Å². The maximum Gasteiger partial charge on any atom is 0.150 e. The molecule has 4 nitrogen and oxygen atoms in total. The molecule has 0 aliphatic heterocycles. The molecule has 0 amide bonds. The highest BCUT2D eigenvalue weighted by Crippen LogP contribution is 2.27. The number of aliphatic hydroxyl groups is 1. The number of hydrogen-bond acceptors (Lipinski definition) is 4. The zero-order valence-electron chi connectivity index (χ0n) is 30.2. The lowest BCUT2D eigenvalue weighted by molar-refractivity contribution is -0.145. The van der Waals surface area contributed by atoms with Crippen LogP contribution in [0.25, 0.3) is 0 Å². The van der Waals surface area contributed by atoms with Crippen molar-refractivity contribution >= 4 is 11.6 Å². The van der Waals surface area contributed by atoms with Gasteiger partial charge in [-0.1, -0.05) is 127 Å². The van der Waals surface area contributed by atoms with Gasteiger partial charge in [-0.05, 0) is 91.1 Å². The van der Waals surface area contributed by atoms with Crippen LogP contribution in [0.3, 0.4) is 0 Å². The Balaban J connectivity index is 4.21. The Kier molecular flexibility index (Phi) is 30.9. The Bertz CT molecular complexity index is 750. The largest absolute Gasteiger partial charge is 0.395 e. The van der Waals surface area contributed by atoms with E-state index in [1.807, 2.05) is 19.0 Å². The minimum Gasteiger partial charge on any atom is -0.395 e. The lowest BCUT2D eigenvalue weighted by Crippen LogP contribution is -2.49. The molecule has 1 N–H and O–H groups in total. The van der Waals surface area contributed by atoms with Crippen molar-refractivity contribution in [1.29, 1.82) is 0 Å². The first-order valence-corrected chi connectivity index (χ1v) is 18.9. The average Bonchev–Trinajstić information content (AvgIpc) is 3.03. The molecule has 0 unspecified atom stereocenters. The number of rotatable bonds is 33. The van der Waals surface area contributed by atoms with Crippen molar-refractivity contribution in [1.82, 2.24) is 4.90 Å². The van der Waals surface area contributed by atoms with Crippen LogP contribution in [0.15, 0.2) is 48.6 Å². The highest BCUT2D eigenvalue weighted by atomic mass is 16.3. The van der Waals surface area contributed by atoms with E-state index in [0.29, 0.717) is 19.4 Å². The van der Waals surface area contributed by atoms with Crippen LogP contribution >= 0.6 is 0 Å². The van der Waals surface area contributed by atoms with E-state index in [9.17, 15) is 14.7 Å². The first-order chi connectivity index (χ1) is 21.9. The topological polar surface area (TPSA) is 57.6 Å². The number of carbonyl (C=O) groups is 2. The Morgan fingerprint density at radius 2 is 0.844 bits per heavy atom. The van der Waals surface area contributed by atoms with E-state index >= 15 is 0 Å². The van der Waals surface area contributed by atoms with Gasteiger partial charge in [-0.15, -0.1) is 0 Å². The second-order valence-electron chi connectivity index (χ2n) is 13.3. The summed E-state index contributed by atoms with van der Waals surface area (Å²) in [7, 11) is 3.75. The van der Waals surface area contributed by atoms with Crippen molar-refractivity contribution in [3.63, 3.8) is 0 Å². The Morgan fingerprint density at radius 3 is 1.18 bits per heavy atom. The van der Waals surface area contributed by atoms with Crippen LogP contribution in [0.4, 0.5) is 0 Å². The fourth-order valence-electron chi connectivity index (χ4n) is 5.77. The van der Waals surface area contributed by atoms with Crippen molar-refractivity contribution in [3.8, 4) is 0 Å². The molecule has 0 aliphatic rings. The average molecular weight is 628 g/mol. The predicted octanol–water partition coefficient (Wildman–Crippen LogP) is 11.3. The molecular weight excluding hydrogens is 554 g/mol. The zero-order valence-corrected chi connectivity index (χ0v) is 30.2. The monoisotopic (exact) mass is 628 g/mol. The smallest absolute Gasteiger partial charge is 0.150 e. The summed E-state index contributed by atoms with van der Waals surface area (Å²) in [5, 5.41) is 10.3. The third kappa shape index (κ3) is 25.0. The summed E-state index contributed by atoms with van der Waals surface area (Å²) in [6.45, 7) is 4.39. The van der Waals surface area contributed by atoms with E-state index in [-0.39, 0.29) is 18.2 Å². The Hall–Kier alpha value is -1.78. The summed E-state index contributed by atoms with van der Waals surface area (Å²) in [6, 6.07) is 0. The molecule has 0 fully saturated rings. The van der Waals surface area contributed by atoms with E-state index in [1.165, 1.54) is 77.0 Å². The molecule has 0 spiro atoms. The standard InChI is InChI=1S/C41H73NO3/c1-5-7-9-11-13-15-17-19-21-23-25-27-29-31-33-35-39(44)41(38-43,37-42(3)4)40(45)36-34-32-30-28-26-24-22-20-18-16-14-12-10-8-6-2/h13-16,19-22,43H,5-12,17-18,23-38H2,1-4H3/b15-13-,16-14-,21-19-,22-20-. The summed E-state index contributed by atoms with van der Waals surface area (Å²) in [5.74, 6) is -0.144. The quantitative estimate of drug-likeness (QED) is 0.0447. The van der Waals surface area contributed by atoms with Crippen molar-refractivity contribution in [3.05, 3.63) is 48.6 Å². The third-order valence-electron chi connectivity index (χ3n) is 8.63. The molecule has 0 aliphatic carbocycles. The predicted molar refractivity (Wildman–Crippen MR) is 197 cm³/mol. The van der Waals surface area contributed by atoms with Crippen molar-refractivity contribution < 1.29 is 14.7 Å². The lowest BCUT2D eigenvalue weighted by Gasteiger charge is -2.32. The van der Waals surface area contributed by atoms with Crippen LogP contribution < -0.4 is 0 Å². The van der Waals surface area contributed by atoms with Crippen molar-refractivity contribution in [2.24, 2.45) is 5.41 Å². The number of allylic oxidation sites excluding steroid dienone is 8. The van der Waals surface area contributed by atoms with Gasteiger partial charge >= 0.3 is 0 Å². The van der Waals surface area contributed by atoms with E-state index in [1.54, 1.807) is 0 Å². The van der Waals surface area contributed by atoms with E-state index in [2.05, 4.69) is 62.5 Å². The molecule has 4 heteroatoms. The van der Waals surface area contributed by atoms with Gasteiger partial charge in [-0.25, -0.2) is 0 Å². The van der Waals surface area contributed by atoms with Gasteiger partial charge in [-0.3, -0.25) is 9.59 Å². The van der Waals surface area contributed by atoms with Crippen LogP contribution in [0, 0.1) is 5.41 Å². The number of Topliss-reactive ketones (excluding diaryl/α,β-unsaturated/α-hetero) is 2. The minimum atomic E-state index is -1.27. The molecule has 0 heterocycles. The number of nitrogens with zero attached hydrogens (tertiary/aromatic N) is 1. The van der Waals surface area contributed by atoms with Gasteiger partial charge in [0.25, 0.3) is 0 Å². The fraction of sp³-hybridized carbons (Fsp3) is 0.756. The number of carbonyl (C=O) groups excluding carboxylic acids is 2. The SMILES string of the molecule is CCCCC/C=C\C/C=C\CCCCCCCC(=O)C(CO)(CN(C)C)C(=O)CCCCCCC/C=C\C/C=C\CCCCC. The summed E-state index contributed by atoms with van der Waals surface area (Å²) in [5.41, 5.74) is -1.27. The lowest BCUT2D eigenvalue weighted by atomic mass is 9.75. The van der Waals surface area contributed by atoms with Crippen molar-refractivity contribution in [2.75, 3.05) is 27.2 Å². The third-order valence-corrected chi connectivity index (χ3v) is 8.63. The Labute approximate surface area is 279 Å². The maximum absolute atomic E-state index is 13.3. The van der Waals surface area contributed by atoms with Gasteiger partial charge < -0.3 is 10.0 Å². The molecule has 0 radical (unpaired) electrons. The zero-order chi connectivity index (χ0) is 33.3. The first kappa shape index (κ1) is 43.2. The highest BCUT2D eigenvalue weighted by Gasteiger charge is 2.43. The van der Waals surface area contributed by atoms with Crippen molar-refractivity contribution in [2.45, 2.75) is 168 Å². The molecule has 0 rings (SSSR count). The second kappa shape index (κ2) is 32.2. The fourth-order valence-corrected chi connectivity index (χ4v) is 5.77. The molecule has 0 saturated carbocycles. The summed E-state index contributed by atoms with van der Waals surface area (Å²) >= 11 is 0. The Morgan fingerprint density at radius 1 is 0.511 bits per heavy atom. The number of aliphatic hydroxyl groups excluding tert-OH is 1. The molecule has 0 aromatic rings. The van der Waals surface area contributed by atoms with Crippen LogP contribution in [0.5, 0.6) is 0 Å². The molecule has 0 aromatic heterocycles. The van der Waals surface area contributed by atoms with Crippen LogP contribution in [-0.2, 0) is 9.59 Å². The van der Waals surface area contributed by atoms with Crippen LogP contribution in [0.2, 0.25) is 0 Å². The highest BCUT2D eigenvalue weighted by molar-refractivity contribution is 6.07. The molecule has 45 heavy (non-hydrogen) atoms. The maximum atomic E-state index is 13.3. The van der Waals surface area contributed by atoms with Gasteiger partial charge in [0, 0.05) is 19.4 Å². The molecular formula is C41H73NO3. The molecule has 0 bridgehead atoms. The molecule has 0 aromatic carbocycles. The van der Waals surface area contributed by atoms with Crippen LogP contribution in [-0.4, -0.2) is 48.8 Å². The molecule has 0 atom stereocenters. The minimum absolute atomic E-state index is 0.0722. The summed E-state index contributed by atoms with van der Waals surface area (Å²) in [4.78, 5) is 28.5. The number of hydrogen-bond donors (Lipinski definition) is 1. The molecule has 0 saturated heterocycles. The number of ketones is 2. The van der Waals surface area contributed by atoms with Gasteiger partial charge in [0.2, 0.25) is 0 Å². The van der Waals surface area contributed by atoms with Crippen LogP contribution in [0.1, 0.15) is 168 Å².